The van der Waals surface area contributed by atoms with E-state index >= 15 is 0 Å². The Hall–Kier alpha value is -1.96. The van der Waals surface area contributed by atoms with Gasteiger partial charge in [0.15, 0.2) is 0 Å². The lowest BCUT2D eigenvalue weighted by atomic mass is 10.0. The average molecular weight is 410 g/mol. The van der Waals surface area contributed by atoms with Crippen molar-refractivity contribution in [1.82, 2.24) is 0 Å². The molecule has 166 valence electrons. The zero-order valence-electron chi connectivity index (χ0n) is 19.2. The van der Waals surface area contributed by atoms with E-state index in [1.165, 1.54) is 101 Å². The number of phenolic OH excluding ortho intramolecular Hbond substituents is 1. The molecule has 0 aliphatic heterocycles. The van der Waals surface area contributed by atoms with Gasteiger partial charge in [0.2, 0.25) is 0 Å². The molecule has 2 nitrogen and oxygen atoms in total. The van der Waals surface area contributed by atoms with Crippen molar-refractivity contribution in [3.63, 3.8) is 0 Å². The molecule has 0 spiro atoms. The number of rotatable bonds is 17. The third-order valence-corrected chi connectivity index (χ3v) is 5.96. The second-order valence-corrected chi connectivity index (χ2v) is 8.68. The molecular weight excluding hydrogens is 366 g/mol. The summed E-state index contributed by atoms with van der Waals surface area (Å²) in [5.74, 6) is 0.302. The van der Waals surface area contributed by atoms with Crippen molar-refractivity contribution in [2.24, 2.45) is 0 Å². The molecule has 0 atom stereocenters. The maximum absolute atomic E-state index is 9.44. The summed E-state index contributed by atoms with van der Waals surface area (Å²) in [7, 11) is 0. The minimum Gasteiger partial charge on any atom is -0.508 e. The number of unbranched alkanes of at least 4 members (excludes halogenated alkanes) is 13. The van der Waals surface area contributed by atoms with E-state index in [0.29, 0.717) is 5.75 Å². The van der Waals surface area contributed by atoms with Crippen molar-refractivity contribution in [1.29, 1.82) is 0 Å². The highest BCUT2D eigenvalue weighted by molar-refractivity contribution is 5.63. The van der Waals surface area contributed by atoms with E-state index in [1.807, 2.05) is 12.1 Å². The van der Waals surface area contributed by atoms with Crippen molar-refractivity contribution >= 4 is 11.4 Å². The number of hydrogen-bond acceptors (Lipinski definition) is 2. The molecule has 0 bridgehead atoms. The van der Waals surface area contributed by atoms with Crippen molar-refractivity contribution in [3.05, 3.63) is 54.1 Å². The first-order valence-corrected chi connectivity index (χ1v) is 12.4. The van der Waals surface area contributed by atoms with Gasteiger partial charge < -0.3 is 10.4 Å². The largest absolute Gasteiger partial charge is 0.508 e. The molecule has 2 N–H and O–H groups in total. The van der Waals surface area contributed by atoms with Crippen LogP contribution in [0.2, 0.25) is 0 Å². The maximum atomic E-state index is 9.44. The Morgan fingerprint density at radius 3 is 1.67 bits per heavy atom. The molecule has 30 heavy (non-hydrogen) atoms. The number of anilines is 2. The summed E-state index contributed by atoms with van der Waals surface area (Å²) >= 11 is 0. The first-order valence-electron chi connectivity index (χ1n) is 12.4. The number of aromatic hydroxyl groups is 1. The third-order valence-electron chi connectivity index (χ3n) is 5.96. The van der Waals surface area contributed by atoms with Gasteiger partial charge in [0, 0.05) is 11.4 Å². The molecule has 0 aliphatic rings. The number of nitrogens with one attached hydrogen (secondary N) is 1. The van der Waals surface area contributed by atoms with Crippen LogP contribution in [0.25, 0.3) is 0 Å². The molecule has 0 heterocycles. The minimum absolute atomic E-state index is 0.302. The molecule has 0 saturated carbocycles. The molecule has 0 saturated heterocycles. The molecule has 0 unspecified atom stereocenters. The lowest BCUT2D eigenvalue weighted by Gasteiger charge is -2.12. The van der Waals surface area contributed by atoms with Crippen LogP contribution >= 0.6 is 0 Å². The van der Waals surface area contributed by atoms with Gasteiger partial charge in [0.25, 0.3) is 0 Å². The second kappa shape index (κ2) is 15.8. The van der Waals surface area contributed by atoms with Crippen LogP contribution in [0, 0.1) is 0 Å². The van der Waals surface area contributed by atoms with Crippen molar-refractivity contribution in [3.8, 4) is 5.75 Å². The first-order chi connectivity index (χ1) is 14.8. The van der Waals surface area contributed by atoms with Crippen molar-refractivity contribution < 1.29 is 5.11 Å². The van der Waals surface area contributed by atoms with E-state index in [0.717, 1.165) is 12.1 Å². The van der Waals surface area contributed by atoms with Gasteiger partial charge in [-0.2, -0.15) is 0 Å². The molecule has 2 heteroatoms. The molecule has 0 fully saturated rings. The van der Waals surface area contributed by atoms with Gasteiger partial charge in [0.1, 0.15) is 5.75 Å². The first kappa shape index (κ1) is 24.3. The highest BCUT2D eigenvalue weighted by atomic mass is 16.3. The Bertz CT molecular complexity index is 665. The van der Waals surface area contributed by atoms with Gasteiger partial charge in [-0.3, -0.25) is 0 Å². The smallest absolute Gasteiger partial charge is 0.115 e. The zero-order chi connectivity index (χ0) is 21.3. The number of phenols is 1. The second-order valence-electron chi connectivity index (χ2n) is 8.68. The fraction of sp³-hybridized carbons (Fsp3) is 0.571. The molecule has 0 amide bonds. The normalized spacial score (nSPS) is 11.0. The van der Waals surface area contributed by atoms with Crippen molar-refractivity contribution in [2.75, 3.05) is 5.32 Å². The Balaban J connectivity index is 1.51. The Morgan fingerprint density at radius 2 is 1.10 bits per heavy atom. The van der Waals surface area contributed by atoms with E-state index in [2.05, 4.69) is 36.5 Å². The summed E-state index contributed by atoms with van der Waals surface area (Å²) in [6.07, 6.45) is 20.7. The van der Waals surface area contributed by atoms with Gasteiger partial charge in [-0.05, 0) is 48.7 Å². The molecule has 0 aromatic heterocycles. The predicted molar refractivity (Wildman–Crippen MR) is 132 cm³/mol. The van der Waals surface area contributed by atoms with Gasteiger partial charge in [0.05, 0.1) is 0 Å². The summed E-state index contributed by atoms with van der Waals surface area (Å²) in [5, 5.41) is 12.9. The summed E-state index contributed by atoms with van der Waals surface area (Å²) in [4.78, 5) is 0. The van der Waals surface area contributed by atoms with Gasteiger partial charge >= 0.3 is 0 Å². The number of aryl methyl sites for hydroxylation is 1. The van der Waals surface area contributed by atoms with Crippen LogP contribution in [0.4, 0.5) is 11.4 Å². The zero-order valence-corrected chi connectivity index (χ0v) is 19.2. The van der Waals surface area contributed by atoms with Crippen LogP contribution in [0.5, 0.6) is 5.75 Å². The van der Waals surface area contributed by atoms with E-state index in [4.69, 9.17) is 0 Å². The molecule has 0 radical (unpaired) electrons. The molecule has 2 aromatic rings. The fourth-order valence-electron chi connectivity index (χ4n) is 4.07. The minimum atomic E-state index is 0.302. The third kappa shape index (κ3) is 10.7. The monoisotopic (exact) mass is 409 g/mol. The fourth-order valence-corrected chi connectivity index (χ4v) is 4.07. The number of para-hydroxylation sites is 1. The Labute approximate surface area is 185 Å². The summed E-state index contributed by atoms with van der Waals surface area (Å²) in [6, 6.07) is 15.9. The van der Waals surface area contributed by atoms with E-state index in [1.54, 1.807) is 12.1 Å². The van der Waals surface area contributed by atoms with Gasteiger partial charge in [-0.1, -0.05) is 109 Å². The summed E-state index contributed by atoms with van der Waals surface area (Å²) < 4.78 is 0. The van der Waals surface area contributed by atoms with Crippen LogP contribution in [0.1, 0.15) is 102 Å². The average Bonchev–Trinajstić information content (AvgIpc) is 2.76. The SMILES string of the molecule is CCCCCCCCCCCCCCCCc1ccccc1Nc1ccc(O)cc1. The standard InChI is InChI=1S/C28H43NO/c1-2-3-4-5-6-7-8-9-10-11-12-13-14-15-18-25-19-16-17-20-28(25)29-26-21-23-27(30)24-22-26/h16-17,19-24,29-30H,2-15,18H2,1H3. The van der Waals surface area contributed by atoms with Crippen LogP contribution < -0.4 is 5.32 Å². The number of benzene rings is 2. The van der Waals surface area contributed by atoms with E-state index in [-0.39, 0.29) is 0 Å². The van der Waals surface area contributed by atoms with E-state index < -0.39 is 0 Å². The topological polar surface area (TPSA) is 32.3 Å². The predicted octanol–water partition coefficient (Wildman–Crippen LogP) is 9.16. The summed E-state index contributed by atoms with van der Waals surface area (Å²) in [5.41, 5.74) is 3.57. The highest BCUT2D eigenvalue weighted by Gasteiger charge is 2.03. The maximum Gasteiger partial charge on any atom is 0.115 e. The van der Waals surface area contributed by atoms with Gasteiger partial charge in [-0.25, -0.2) is 0 Å². The van der Waals surface area contributed by atoms with Crippen LogP contribution in [-0.2, 0) is 6.42 Å². The molecule has 2 aromatic carbocycles. The quantitative estimate of drug-likeness (QED) is 0.201. The van der Waals surface area contributed by atoms with Crippen LogP contribution in [-0.4, -0.2) is 5.11 Å². The lowest BCUT2D eigenvalue weighted by molar-refractivity contribution is 0.475. The Morgan fingerprint density at radius 1 is 0.600 bits per heavy atom. The number of hydrogen-bond donors (Lipinski definition) is 2. The highest BCUT2D eigenvalue weighted by Crippen LogP contribution is 2.24. The summed E-state index contributed by atoms with van der Waals surface area (Å²) in [6.45, 7) is 2.29. The van der Waals surface area contributed by atoms with Crippen LogP contribution in [0.3, 0.4) is 0 Å². The Kier molecular flexibility index (Phi) is 12.8. The van der Waals surface area contributed by atoms with Crippen LogP contribution in [0.15, 0.2) is 48.5 Å². The van der Waals surface area contributed by atoms with Crippen molar-refractivity contribution in [2.45, 2.75) is 103 Å². The molecular formula is C28H43NO. The lowest BCUT2D eigenvalue weighted by Crippen LogP contribution is -1.96. The van der Waals surface area contributed by atoms with Gasteiger partial charge in [-0.15, -0.1) is 0 Å². The molecule has 2 rings (SSSR count). The molecule has 0 aliphatic carbocycles. The van der Waals surface area contributed by atoms with E-state index in [9.17, 15) is 5.11 Å².